The van der Waals surface area contributed by atoms with Crippen molar-refractivity contribution in [3.05, 3.63) is 41.1 Å². The molecule has 0 saturated carbocycles. The van der Waals surface area contributed by atoms with Crippen LogP contribution in [-0.4, -0.2) is 41.8 Å². The minimum atomic E-state index is 0.227. The minimum absolute atomic E-state index is 0.227. The highest BCUT2D eigenvalue weighted by Gasteiger charge is 2.41. The molecule has 1 fully saturated rings. The second-order valence-electron chi connectivity index (χ2n) is 7.81. The van der Waals surface area contributed by atoms with Gasteiger partial charge in [-0.25, -0.2) is 0 Å². The van der Waals surface area contributed by atoms with Crippen molar-refractivity contribution in [2.45, 2.75) is 31.7 Å². The van der Waals surface area contributed by atoms with Crippen LogP contribution in [0.2, 0.25) is 0 Å². The molecule has 0 unspecified atom stereocenters. The molecule has 3 aliphatic rings. The Balaban J connectivity index is 1.55. The normalized spacial score (nSPS) is 28.9. The lowest BCUT2D eigenvalue weighted by Crippen LogP contribution is -2.47. The van der Waals surface area contributed by atoms with E-state index in [1.165, 1.54) is 40.7 Å². The monoisotopic (exact) mass is 338 g/mol. The Bertz CT molecular complexity index is 838. The maximum Gasteiger partial charge on any atom is 0.119 e. The summed E-state index contributed by atoms with van der Waals surface area (Å²) in [5, 5.41) is 11.1. The number of allylic oxidation sites excluding steroid dienone is 1. The number of aliphatic hydroxyl groups excluding tert-OH is 1. The van der Waals surface area contributed by atoms with E-state index in [0.29, 0.717) is 12.0 Å². The molecule has 1 saturated heterocycles. The number of rotatable bonds is 2. The van der Waals surface area contributed by atoms with E-state index in [1.54, 1.807) is 7.11 Å². The van der Waals surface area contributed by atoms with Crippen molar-refractivity contribution in [1.82, 2.24) is 9.88 Å². The van der Waals surface area contributed by atoms with Crippen LogP contribution >= 0.6 is 0 Å². The Morgan fingerprint density at radius 3 is 3.12 bits per heavy atom. The van der Waals surface area contributed by atoms with Gasteiger partial charge in [-0.05, 0) is 66.9 Å². The third kappa shape index (κ3) is 2.35. The molecule has 132 valence electrons. The smallest absolute Gasteiger partial charge is 0.119 e. The molecule has 0 bridgehead atoms. The summed E-state index contributed by atoms with van der Waals surface area (Å²) in [7, 11) is 1.73. The fraction of sp³-hybridized carbons (Fsp3) is 0.524. The van der Waals surface area contributed by atoms with E-state index in [-0.39, 0.29) is 6.61 Å². The summed E-state index contributed by atoms with van der Waals surface area (Å²) in [4.78, 5) is 6.39. The highest BCUT2D eigenvalue weighted by molar-refractivity contribution is 5.86. The van der Waals surface area contributed by atoms with Crippen molar-refractivity contribution in [3.63, 3.8) is 0 Å². The zero-order valence-corrected chi connectivity index (χ0v) is 14.8. The van der Waals surface area contributed by atoms with Crippen molar-refractivity contribution in [2.24, 2.45) is 11.8 Å². The summed E-state index contributed by atoms with van der Waals surface area (Å²) >= 11 is 0. The minimum Gasteiger partial charge on any atom is -0.497 e. The van der Waals surface area contributed by atoms with Crippen LogP contribution in [0.15, 0.2) is 29.8 Å². The summed E-state index contributed by atoms with van der Waals surface area (Å²) in [6.45, 7) is 2.54. The number of H-pyrrole nitrogens is 1. The average molecular weight is 338 g/mol. The van der Waals surface area contributed by atoms with Crippen LogP contribution in [0.4, 0.5) is 0 Å². The summed E-state index contributed by atoms with van der Waals surface area (Å²) in [5.41, 5.74) is 5.37. The van der Waals surface area contributed by atoms with Gasteiger partial charge in [-0.2, -0.15) is 0 Å². The highest BCUT2D eigenvalue weighted by Crippen LogP contribution is 2.47. The number of piperidine rings is 1. The van der Waals surface area contributed by atoms with Crippen LogP contribution < -0.4 is 4.74 Å². The molecule has 0 amide bonds. The number of aliphatic hydroxyl groups is 1. The van der Waals surface area contributed by atoms with Gasteiger partial charge in [0, 0.05) is 29.7 Å². The van der Waals surface area contributed by atoms with Gasteiger partial charge in [-0.1, -0.05) is 6.08 Å². The van der Waals surface area contributed by atoms with Gasteiger partial charge >= 0.3 is 0 Å². The van der Waals surface area contributed by atoms with Gasteiger partial charge < -0.3 is 14.8 Å². The molecule has 4 nitrogen and oxygen atoms in total. The van der Waals surface area contributed by atoms with Crippen LogP contribution in [0.5, 0.6) is 5.75 Å². The Labute approximate surface area is 148 Å². The molecule has 1 aromatic heterocycles. The first-order valence-electron chi connectivity index (χ1n) is 9.50. The number of methoxy groups -OCH3 is 1. The lowest BCUT2D eigenvalue weighted by molar-refractivity contribution is 0.0539. The second kappa shape index (κ2) is 5.89. The Kier molecular flexibility index (Phi) is 3.64. The standard InChI is InChI=1S/C21H26N2O2/c1-25-15-5-6-19-18(9-15)16-7-8-23-11-13-3-2-4-14(12-24)17(13)10-20(23)21(16)22-19/h4-6,9,13,17,20,22,24H,2-3,7-8,10-12H2,1H3/t13-,17+,20+/m1/s1. The van der Waals surface area contributed by atoms with Crippen LogP contribution in [0.25, 0.3) is 10.9 Å². The van der Waals surface area contributed by atoms with Gasteiger partial charge in [-0.3, -0.25) is 4.90 Å². The number of nitrogens with zero attached hydrogens (tertiary/aromatic N) is 1. The van der Waals surface area contributed by atoms with Gasteiger partial charge in [0.1, 0.15) is 5.75 Å². The van der Waals surface area contributed by atoms with E-state index < -0.39 is 0 Å². The van der Waals surface area contributed by atoms with Gasteiger partial charge in [0.25, 0.3) is 0 Å². The maximum absolute atomic E-state index is 9.79. The van der Waals surface area contributed by atoms with E-state index in [2.05, 4.69) is 28.1 Å². The molecule has 0 radical (unpaired) electrons. The lowest BCUT2D eigenvalue weighted by atomic mass is 9.70. The van der Waals surface area contributed by atoms with Crippen molar-refractivity contribution in [2.75, 3.05) is 26.8 Å². The van der Waals surface area contributed by atoms with Crippen molar-refractivity contribution >= 4 is 10.9 Å². The predicted molar refractivity (Wildman–Crippen MR) is 98.9 cm³/mol. The number of ether oxygens (including phenoxy) is 1. The van der Waals surface area contributed by atoms with Crippen molar-refractivity contribution in [3.8, 4) is 5.75 Å². The molecular formula is C21H26N2O2. The highest BCUT2D eigenvalue weighted by atomic mass is 16.5. The number of nitrogens with one attached hydrogen (secondary N) is 1. The molecule has 1 aromatic carbocycles. The Morgan fingerprint density at radius 2 is 2.28 bits per heavy atom. The summed E-state index contributed by atoms with van der Waals surface area (Å²) in [6.07, 6.45) is 6.94. The van der Waals surface area contributed by atoms with Gasteiger partial charge in [-0.15, -0.1) is 0 Å². The first kappa shape index (κ1) is 15.5. The zero-order valence-electron chi connectivity index (χ0n) is 14.8. The average Bonchev–Trinajstić information content (AvgIpc) is 3.04. The largest absolute Gasteiger partial charge is 0.497 e. The summed E-state index contributed by atoms with van der Waals surface area (Å²) < 4.78 is 5.43. The first-order chi connectivity index (χ1) is 12.3. The van der Waals surface area contributed by atoms with Gasteiger partial charge in [0.05, 0.1) is 19.8 Å². The molecular weight excluding hydrogens is 312 g/mol. The Morgan fingerprint density at radius 1 is 1.36 bits per heavy atom. The fourth-order valence-electron chi connectivity index (χ4n) is 5.43. The lowest BCUT2D eigenvalue weighted by Gasteiger charge is -2.48. The maximum atomic E-state index is 9.79. The molecule has 2 aromatic rings. The molecule has 3 atom stereocenters. The molecule has 25 heavy (non-hydrogen) atoms. The fourth-order valence-corrected chi connectivity index (χ4v) is 5.43. The van der Waals surface area contributed by atoms with Crippen LogP contribution in [0.1, 0.15) is 36.6 Å². The molecule has 0 spiro atoms. The second-order valence-corrected chi connectivity index (χ2v) is 7.81. The Hall–Kier alpha value is -1.78. The first-order valence-corrected chi connectivity index (χ1v) is 9.50. The molecule has 2 aliphatic heterocycles. The van der Waals surface area contributed by atoms with Gasteiger partial charge in [0.15, 0.2) is 0 Å². The van der Waals surface area contributed by atoms with E-state index >= 15 is 0 Å². The number of aromatic nitrogens is 1. The molecule has 3 heterocycles. The topological polar surface area (TPSA) is 48.5 Å². The van der Waals surface area contributed by atoms with E-state index in [4.69, 9.17) is 4.74 Å². The SMILES string of the molecule is COc1ccc2[nH]c3c(c2c1)CCN1C[C@H]2CCC=C(CO)[C@H]2C[C@@H]31. The third-order valence-electron chi connectivity index (χ3n) is 6.69. The number of hydrogen-bond acceptors (Lipinski definition) is 3. The van der Waals surface area contributed by atoms with E-state index in [0.717, 1.165) is 37.5 Å². The van der Waals surface area contributed by atoms with E-state index in [9.17, 15) is 5.11 Å². The number of hydrogen-bond donors (Lipinski definition) is 2. The summed E-state index contributed by atoms with van der Waals surface area (Å²) in [5.74, 6) is 2.19. The number of benzene rings is 1. The molecule has 1 aliphatic carbocycles. The molecule has 4 heteroatoms. The van der Waals surface area contributed by atoms with E-state index in [1.807, 2.05) is 6.07 Å². The van der Waals surface area contributed by atoms with Crippen molar-refractivity contribution < 1.29 is 9.84 Å². The van der Waals surface area contributed by atoms with Crippen LogP contribution in [0, 0.1) is 11.8 Å². The number of aromatic amines is 1. The van der Waals surface area contributed by atoms with Crippen molar-refractivity contribution in [1.29, 1.82) is 0 Å². The van der Waals surface area contributed by atoms with Crippen LogP contribution in [-0.2, 0) is 6.42 Å². The summed E-state index contributed by atoms with van der Waals surface area (Å²) in [6, 6.07) is 6.80. The number of fused-ring (bicyclic) bond motifs is 6. The predicted octanol–water partition coefficient (Wildman–Crippen LogP) is 3.42. The van der Waals surface area contributed by atoms with Crippen LogP contribution in [0.3, 0.4) is 0 Å². The third-order valence-corrected chi connectivity index (χ3v) is 6.69. The molecule has 2 N–H and O–H groups in total. The zero-order chi connectivity index (χ0) is 17.0. The van der Waals surface area contributed by atoms with Gasteiger partial charge in [0.2, 0.25) is 0 Å². The quantitative estimate of drug-likeness (QED) is 0.825. The molecule has 5 rings (SSSR count).